The highest BCUT2D eigenvalue weighted by atomic mass is 16.5. The molecule has 0 saturated heterocycles. The molecule has 2 rings (SSSR count). The average Bonchev–Trinajstić information content (AvgIpc) is 3.08. The van der Waals surface area contributed by atoms with Gasteiger partial charge in [0, 0.05) is 12.5 Å². The molecule has 0 aromatic carbocycles. The molecule has 2 aromatic rings. The van der Waals surface area contributed by atoms with Crippen LogP contribution in [0.2, 0.25) is 0 Å². The van der Waals surface area contributed by atoms with E-state index in [0.29, 0.717) is 23.8 Å². The highest BCUT2D eigenvalue weighted by molar-refractivity contribution is 5.94. The van der Waals surface area contributed by atoms with E-state index in [1.165, 1.54) is 12.3 Å². The lowest BCUT2D eigenvalue weighted by molar-refractivity contribution is -0.139. The number of aliphatic carboxylic acids is 1. The summed E-state index contributed by atoms with van der Waals surface area (Å²) >= 11 is 0. The predicted molar refractivity (Wildman–Crippen MR) is 76.3 cm³/mol. The third kappa shape index (κ3) is 4.21. The Labute approximate surface area is 127 Å². The molecule has 1 amide bonds. The van der Waals surface area contributed by atoms with Gasteiger partial charge in [-0.2, -0.15) is 0 Å². The van der Waals surface area contributed by atoms with Crippen LogP contribution in [0, 0.1) is 5.92 Å². The molecular weight excluding hydrogens is 288 g/mol. The van der Waals surface area contributed by atoms with E-state index in [1.807, 2.05) is 13.8 Å². The maximum Gasteiger partial charge on any atom is 0.326 e. The van der Waals surface area contributed by atoms with Gasteiger partial charge in [-0.15, -0.1) is 0 Å². The third-order valence-corrected chi connectivity index (χ3v) is 2.99. The second-order valence-electron chi connectivity index (χ2n) is 5.43. The topological polar surface area (TPSA) is 106 Å². The molecule has 22 heavy (non-hydrogen) atoms. The van der Waals surface area contributed by atoms with Gasteiger partial charge in [0.15, 0.2) is 0 Å². The minimum atomic E-state index is -1.15. The fraction of sp³-hybridized carbons (Fsp3) is 0.400. The summed E-state index contributed by atoms with van der Waals surface area (Å²) in [5, 5.41) is 15.4. The molecule has 0 aliphatic heterocycles. The Morgan fingerprint density at radius 3 is 2.73 bits per heavy atom. The van der Waals surface area contributed by atoms with E-state index in [1.54, 1.807) is 12.1 Å². The minimum Gasteiger partial charge on any atom is -0.480 e. The fourth-order valence-corrected chi connectivity index (χ4v) is 1.99. The number of carbonyl (C=O) groups excluding carboxylic acids is 1. The summed E-state index contributed by atoms with van der Waals surface area (Å²) in [6, 6.07) is 3.74. The predicted octanol–water partition coefficient (Wildman–Crippen LogP) is 1.89. The van der Waals surface area contributed by atoms with Gasteiger partial charge in [-0.1, -0.05) is 19.0 Å². The average molecular weight is 306 g/mol. The van der Waals surface area contributed by atoms with E-state index in [0.717, 1.165) is 0 Å². The number of hydrogen-bond acceptors (Lipinski definition) is 5. The first-order chi connectivity index (χ1) is 10.5. The van der Waals surface area contributed by atoms with Crippen molar-refractivity contribution in [2.24, 2.45) is 5.92 Å². The number of furan rings is 1. The number of carboxylic acids is 1. The monoisotopic (exact) mass is 306 g/mol. The van der Waals surface area contributed by atoms with Gasteiger partial charge >= 0.3 is 5.97 Å². The normalized spacial score (nSPS) is 12.3. The lowest BCUT2D eigenvalue weighted by atomic mass is 10.1. The summed E-state index contributed by atoms with van der Waals surface area (Å²) in [6.07, 6.45) is 2.19. The zero-order valence-corrected chi connectivity index (χ0v) is 12.4. The van der Waals surface area contributed by atoms with Crippen molar-refractivity contribution in [2.75, 3.05) is 0 Å². The largest absolute Gasteiger partial charge is 0.480 e. The van der Waals surface area contributed by atoms with E-state index < -0.39 is 17.9 Å². The van der Waals surface area contributed by atoms with Crippen LogP contribution in [0.5, 0.6) is 0 Å². The van der Waals surface area contributed by atoms with Gasteiger partial charge in [-0.05, 0) is 24.5 Å². The Hall–Kier alpha value is -2.57. The molecule has 1 atom stereocenters. The number of nitrogens with one attached hydrogen (secondary N) is 1. The third-order valence-electron chi connectivity index (χ3n) is 2.99. The number of carboxylic acid groups (broad SMARTS) is 1. The maximum absolute atomic E-state index is 12.0. The Morgan fingerprint density at radius 1 is 1.36 bits per heavy atom. The van der Waals surface area contributed by atoms with Gasteiger partial charge in [0.25, 0.3) is 5.91 Å². The molecular formula is C15H18N2O5. The molecule has 2 aromatic heterocycles. The molecule has 0 bridgehead atoms. The van der Waals surface area contributed by atoms with Crippen molar-refractivity contribution in [3.63, 3.8) is 0 Å². The van der Waals surface area contributed by atoms with Gasteiger partial charge in [0.2, 0.25) is 5.76 Å². The smallest absolute Gasteiger partial charge is 0.326 e. The number of carbonyl (C=O) groups is 2. The number of nitrogens with zero attached hydrogens (tertiary/aromatic N) is 1. The first-order valence-electron chi connectivity index (χ1n) is 6.97. The van der Waals surface area contributed by atoms with Crippen LogP contribution in [0.15, 0.2) is 33.4 Å². The molecule has 0 spiro atoms. The quantitative estimate of drug-likeness (QED) is 0.809. The number of amides is 1. The summed E-state index contributed by atoms with van der Waals surface area (Å²) in [5.74, 6) is -0.896. The van der Waals surface area contributed by atoms with E-state index in [4.69, 9.17) is 8.94 Å². The van der Waals surface area contributed by atoms with Crippen molar-refractivity contribution in [2.45, 2.75) is 32.7 Å². The molecule has 0 aliphatic rings. The van der Waals surface area contributed by atoms with Crippen LogP contribution in [-0.2, 0) is 17.6 Å². The summed E-state index contributed by atoms with van der Waals surface area (Å²) < 4.78 is 10.1. The summed E-state index contributed by atoms with van der Waals surface area (Å²) in [4.78, 5) is 23.3. The van der Waals surface area contributed by atoms with Crippen LogP contribution in [-0.4, -0.2) is 28.2 Å². The molecule has 7 heteroatoms. The van der Waals surface area contributed by atoms with Gasteiger partial charge < -0.3 is 19.4 Å². The lowest BCUT2D eigenvalue weighted by Crippen LogP contribution is -2.42. The molecule has 118 valence electrons. The van der Waals surface area contributed by atoms with Crippen LogP contribution < -0.4 is 5.32 Å². The van der Waals surface area contributed by atoms with Crippen LogP contribution in [0.3, 0.4) is 0 Å². The van der Waals surface area contributed by atoms with Crippen LogP contribution >= 0.6 is 0 Å². The Bertz CT molecular complexity index is 630. The van der Waals surface area contributed by atoms with Crippen LogP contribution in [0.4, 0.5) is 0 Å². The number of rotatable bonds is 7. The molecule has 0 radical (unpaired) electrons. The highest BCUT2D eigenvalue weighted by Gasteiger charge is 2.24. The fourth-order valence-electron chi connectivity index (χ4n) is 1.99. The number of aromatic nitrogens is 1. The molecule has 0 unspecified atom stereocenters. The molecule has 0 aliphatic carbocycles. The molecule has 2 heterocycles. The van der Waals surface area contributed by atoms with Crippen LogP contribution in [0.1, 0.15) is 35.9 Å². The first-order valence-corrected chi connectivity index (χ1v) is 6.97. The zero-order valence-electron chi connectivity index (χ0n) is 12.4. The number of hydrogen-bond donors (Lipinski definition) is 2. The first kappa shape index (κ1) is 15.8. The summed E-state index contributed by atoms with van der Waals surface area (Å²) in [7, 11) is 0. The van der Waals surface area contributed by atoms with Gasteiger partial charge in [-0.3, -0.25) is 4.79 Å². The summed E-state index contributed by atoms with van der Waals surface area (Å²) in [6.45, 7) is 4.05. The van der Waals surface area contributed by atoms with Gasteiger partial charge in [-0.25, -0.2) is 4.79 Å². The van der Waals surface area contributed by atoms with E-state index in [9.17, 15) is 14.7 Å². The Balaban J connectivity index is 2.01. The van der Waals surface area contributed by atoms with Crippen molar-refractivity contribution in [3.8, 4) is 0 Å². The standard InChI is InChI=1S/C15H18N2O5/c1-9(2)6-10-7-13(22-17-10)14(18)16-12(15(19)20)8-11-4-3-5-21-11/h3-5,7,9,12H,6,8H2,1-2H3,(H,16,18)(H,19,20)/t12-/m0/s1. The van der Waals surface area contributed by atoms with E-state index in [2.05, 4.69) is 10.5 Å². The summed E-state index contributed by atoms with van der Waals surface area (Å²) in [5.41, 5.74) is 0.665. The van der Waals surface area contributed by atoms with Gasteiger partial charge in [0.05, 0.1) is 12.0 Å². The molecule has 0 fully saturated rings. The lowest BCUT2D eigenvalue weighted by Gasteiger charge is -2.11. The van der Waals surface area contributed by atoms with Crippen molar-refractivity contribution in [3.05, 3.63) is 41.7 Å². The van der Waals surface area contributed by atoms with Gasteiger partial charge in [0.1, 0.15) is 11.8 Å². The second kappa shape index (κ2) is 6.93. The molecule has 0 saturated carbocycles. The van der Waals surface area contributed by atoms with Crippen LogP contribution in [0.25, 0.3) is 0 Å². The zero-order chi connectivity index (χ0) is 16.1. The van der Waals surface area contributed by atoms with Crippen molar-refractivity contribution in [1.29, 1.82) is 0 Å². The SMILES string of the molecule is CC(C)Cc1cc(C(=O)N[C@@H](Cc2ccco2)C(=O)O)on1. The molecule has 7 nitrogen and oxygen atoms in total. The molecule has 2 N–H and O–H groups in total. The van der Waals surface area contributed by atoms with Crippen molar-refractivity contribution < 1.29 is 23.6 Å². The Kier molecular flexibility index (Phi) is 4.98. The highest BCUT2D eigenvalue weighted by Crippen LogP contribution is 2.10. The maximum atomic E-state index is 12.0. The van der Waals surface area contributed by atoms with Crippen molar-refractivity contribution in [1.82, 2.24) is 10.5 Å². The Morgan fingerprint density at radius 2 is 2.14 bits per heavy atom. The second-order valence-corrected chi connectivity index (χ2v) is 5.43. The van der Waals surface area contributed by atoms with E-state index in [-0.39, 0.29) is 12.2 Å². The van der Waals surface area contributed by atoms with Crippen molar-refractivity contribution >= 4 is 11.9 Å². The minimum absolute atomic E-state index is 0.00125. The van der Waals surface area contributed by atoms with E-state index >= 15 is 0 Å².